The lowest BCUT2D eigenvalue weighted by atomic mass is 10.1. The van der Waals surface area contributed by atoms with Crippen LogP contribution in [-0.2, 0) is 4.74 Å². The zero-order chi connectivity index (χ0) is 18.9. The molecule has 5 heterocycles. The summed E-state index contributed by atoms with van der Waals surface area (Å²) in [4.78, 5) is 15.8. The highest BCUT2D eigenvalue weighted by molar-refractivity contribution is 5.85. The topological polar surface area (TPSA) is 114 Å². The highest BCUT2D eigenvalue weighted by Gasteiger charge is 2.25. The molecule has 0 spiro atoms. The largest absolute Gasteiger partial charge is 0.506 e. The molecule has 2 aliphatic heterocycles. The van der Waals surface area contributed by atoms with Crippen LogP contribution in [0.5, 0.6) is 5.75 Å². The van der Waals surface area contributed by atoms with Gasteiger partial charge in [0.05, 0.1) is 25.5 Å². The maximum absolute atomic E-state index is 9.84. The van der Waals surface area contributed by atoms with E-state index in [0.717, 1.165) is 50.5 Å². The third kappa shape index (κ3) is 3.14. The smallest absolute Gasteiger partial charge is 0.184 e. The molecule has 5 rings (SSSR count). The Balaban J connectivity index is 1.66. The van der Waals surface area contributed by atoms with E-state index in [-0.39, 0.29) is 11.8 Å². The molecule has 3 aromatic rings. The van der Waals surface area contributed by atoms with E-state index in [0.29, 0.717) is 30.1 Å². The third-order valence-electron chi connectivity index (χ3n) is 5.25. The Morgan fingerprint density at radius 3 is 2.71 bits per heavy atom. The second kappa shape index (κ2) is 7.28. The van der Waals surface area contributed by atoms with Gasteiger partial charge in [-0.2, -0.15) is 0 Å². The van der Waals surface area contributed by atoms with Crippen molar-refractivity contribution < 1.29 is 9.84 Å². The summed E-state index contributed by atoms with van der Waals surface area (Å²) in [7, 11) is 0. The summed E-state index contributed by atoms with van der Waals surface area (Å²) in [5.41, 5.74) is 2.09. The lowest BCUT2D eigenvalue weighted by Gasteiger charge is -2.28. The molecular formula is C18H22N8O2. The number of anilines is 1. The monoisotopic (exact) mass is 382 g/mol. The number of pyridine rings is 1. The SMILES string of the molecule is Oc1cncc(-c2nc(N3CCOCC3)c3nnn(C4CCNCC4)c3n2)c1. The van der Waals surface area contributed by atoms with Gasteiger partial charge < -0.3 is 20.1 Å². The fourth-order valence-corrected chi connectivity index (χ4v) is 3.79. The number of nitrogens with one attached hydrogen (secondary N) is 1. The van der Waals surface area contributed by atoms with Crippen LogP contribution in [0.25, 0.3) is 22.6 Å². The van der Waals surface area contributed by atoms with Crippen molar-refractivity contribution >= 4 is 17.0 Å². The molecule has 2 fully saturated rings. The number of aromatic nitrogens is 6. The first-order valence-electron chi connectivity index (χ1n) is 9.60. The van der Waals surface area contributed by atoms with Crippen LogP contribution in [0.1, 0.15) is 18.9 Å². The van der Waals surface area contributed by atoms with Gasteiger partial charge in [-0.05, 0) is 32.0 Å². The van der Waals surface area contributed by atoms with Crippen molar-refractivity contribution in [1.82, 2.24) is 35.3 Å². The van der Waals surface area contributed by atoms with E-state index >= 15 is 0 Å². The van der Waals surface area contributed by atoms with Gasteiger partial charge in [-0.15, -0.1) is 5.10 Å². The van der Waals surface area contributed by atoms with E-state index in [1.165, 1.54) is 6.20 Å². The molecule has 10 nitrogen and oxygen atoms in total. The molecule has 10 heteroatoms. The van der Waals surface area contributed by atoms with Gasteiger partial charge >= 0.3 is 0 Å². The Labute approximate surface area is 161 Å². The summed E-state index contributed by atoms with van der Waals surface area (Å²) in [6.07, 6.45) is 5.02. The zero-order valence-electron chi connectivity index (χ0n) is 15.5. The summed E-state index contributed by atoms with van der Waals surface area (Å²) in [6.45, 7) is 4.69. The van der Waals surface area contributed by atoms with E-state index in [1.54, 1.807) is 12.3 Å². The molecule has 0 atom stereocenters. The fourth-order valence-electron chi connectivity index (χ4n) is 3.79. The van der Waals surface area contributed by atoms with Crippen molar-refractivity contribution in [3.63, 3.8) is 0 Å². The first-order valence-corrected chi connectivity index (χ1v) is 9.60. The van der Waals surface area contributed by atoms with Gasteiger partial charge in [-0.25, -0.2) is 14.6 Å². The average Bonchev–Trinajstić information content (AvgIpc) is 3.18. The molecule has 0 saturated carbocycles. The number of hydrogen-bond donors (Lipinski definition) is 2. The van der Waals surface area contributed by atoms with Crippen molar-refractivity contribution in [3.8, 4) is 17.1 Å². The summed E-state index contributed by atoms with van der Waals surface area (Å²) in [5, 5.41) is 22.1. The molecule has 0 unspecified atom stereocenters. The Hall–Kier alpha value is -2.85. The molecule has 0 amide bonds. The molecule has 0 bridgehead atoms. The highest BCUT2D eigenvalue weighted by atomic mass is 16.5. The second-order valence-electron chi connectivity index (χ2n) is 7.09. The number of rotatable bonds is 3. The quantitative estimate of drug-likeness (QED) is 0.677. The van der Waals surface area contributed by atoms with Gasteiger partial charge in [-0.1, -0.05) is 5.21 Å². The number of piperidine rings is 1. The number of ether oxygens (including phenoxy) is 1. The predicted molar refractivity (Wildman–Crippen MR) is 102 cm³/mol. The number of nitrogens with zero attached hydrogens (tertiary/aromatic N) is 7. The number of hydrogen-bond acceptors (Lipinski definition) is 9. The maximum atomic E-state index is 9.84. The van der Waals surface area contributed by atoms with E-state index in [4.69, 9.17) is 14.7 Å². The fraction of sp³-hybridized carbons (Fsp3) is 0.500. The van der Waals surface area contributed by atoms with Crippen LogP contribution >= 0.6 is 0 Å². The molecule has 146 valence electrons. The molecule has 0 radical (unpaired) electrons. The number of morpholine rings is 1. The minimum absolute atomic E-state index is 0.0825. The molecule has 2 aliphatic rings. The van der Waals surface area contributed by atoms with Crippen molar-refractivity contribution in [3.05, 3.63) is 18.5 Å². The number of fused-ring (bicyclic) bond motifs is 1. The van der Waals surface area contributed by atoms with Crippen LogP contribution in [0.3, 0.4) is 0 Å². The van der Waals surface area contributed by atoms with Gasteiger partial charge in [0.15, 0.2) is 22.8 Å². The third-order valence-corrected chi connectivity index (χ3v) is 5.25. The van der Waals surface area contributed by atoms with Crippen LogP contribution in [-0.4, -0.2) is 74.4 Å². The van der Waals surface area contributed by atoms with Crippen molar-refractivity contribution in [2.24, 2.45) is 0 Å². The van der Waals surface area contributed by atoms with Gasteiger partial charge in [0, 0.05) is 24.8 Å². The van der Waals surface area contributed by atoms with Crippen LogP contribution in [0.4, 0.5) is 5.82 Å². The van der Waals surface area contributed by atoms with E-state index in [1.807, 2.05) is 4.68 Å². The van der Waals surface area contributed by atoms with Crippen LogP contribution in [0.2, 0.25) is 0 Å². The molecule has 2 saturated heterocycles. The normalized spacial score (nSPS) is 18.6. The number of aromatic hydroxyl groups is 1. The van der Waals surface area contributed by atoms with E-state index in [9.17, 15) is 5.11 Å². The lowest BCUT2D eigenvalue weighted by Crippen LogP contribution is -2.37. The minimum Gasteiger partial charge on any atom is -0.506 e. The van der Waals surface area contributed by atoms with Gasteiger partial charge in [-0.3, -0.25) is 4.98 Å². The molecular weight excluding hydrogens is 360 g/mol. The van der Waals surface area contributed by atoms with Crippen molar-refractivity contribution in [1.29, 1.82) is 0 Å². The molecule has 0 aromatic carbocycles. The Morgan fingerprint density at radius 2 is 1.93 bits per heavy atom. The summed E-state index contributed by atoms with van der Waals surface area (Å²) in [5.74, 6) is 1.35. The minimum atomic E-state index is 0.0825. The first kappa shape index (κ1) is 17.3. The molecule has 2 N–H and O–H groups in total. The molecule has 3 aromatic heterocycles. The Kier molecular flexibility index (Phi) is 4.49. The van der Waals surface area contributed by atoms with Crippen LogP contribution in [0.15, 0.2) is 18.5 Å². The van der Waals surface area contributed by atoms with Gasteiger partial charge in [0.2, 0.25) is 0 Å². The van der Waals surface area contributed by atoms with Crippen molar-refractivity contribution in [2.45, 2.75) is 18.9 Å². The average molecular weight is 382 g/mol. The van der Waals surface area contributed by atoms with Gasteiger partial charge in [0.25, 0.3) is 0 Å². The summed E-state index contributed by atoms with van der Waals surface area (Å²) in [6, 6.07) is 1.88. The van der Waals surface area contributed by atoms with Crippen molar-refractivity contribution in [2.75, 3.05) is 44.3 Å². The molecule has 28 heavy (non-hydrogen) atoms. The Bertz CT molecular complexity index is 979. The van der Waals surface area contributed by atoms with E-state index < -0.39 is 0 Å². The van der Waals surface area contributed by atoms with Crippen LogP contribution < -0.4 is 10.2 Å². The highest BCUT2D eigenvalue weighted by Crippen LogP contribution is 2.30. The lowest BCUT2D eigenvalue weighted by molar-refractivity contribution is 0.122. The Morgan fingerprint density at radius 1 is 1.11 bits per heavy atom. The van der Waals surface area contributed by atoms with E-state index in [2.05, 4.69) is 25.5 Å². The predicted octanol–water partition coefficient (Wildman–Crippen LogP) is 0.750. The van der Waals surface area contributed by atoms with Crippen LogP contribution in [0, 0.1) is 0 Å². The zero-order valence-corrected chi connectivity index (χ0v) is 15.5. The van der Waals surface area contributed by atoms with Gasteiger partial charge in [0.1, 0.15) is 5.75 Å². The first-order chi connectivity index (χ1) is 13.8. The summed E-state index contributed by atoms with van der Waals surface area (Å²) < 4.78 is 7.42. The summed E-state index contributed by atoms with van der Waals surface area (Å²) >= 11 is 0. The molecule has 0 aliphatic carbocycles. The second-order valence-corrected chi connectivity index (χ2v) is 7.09. The maximum Gasteiger partial charge on any atom is 0.184 e. The standard InChI is InChI=1S/C18H22N8O2/c27-14-9-12(10-20-11-14)16-21-17(25-5-7-28-8-6-25)15-18(22-16)26(24-23-15)13-1-3-19-4-2-13/h9-11,13,19,27H,1-8H2.